The van der Waals surface area contributed by atoms with E-state index in [1.165, 1.54) is 15.9 Å². The van der Waals surface area contributed by atoms with Gasteiger partial charge in [0.15, 0.2) is 5.82 Å². The van der Waals surface area contributed by atoms with E-state index in [2.05, 4.69) is 10.1 Å². The first-order valence-electron chi connectivity index (χ1n) is 7.35. The van der Waals surface area contributed by atoms with Gasteiger partial charge in [0.05, 0.1) is 11.6 Å². The van der Waals surface area contributed by atoms with E-state index >= 15 is 0 Å². The molecular weight excluding hydrogens is 322 g/mol. The Labute approximate surface area is 141 Å². The Hall–Kier alpha value is -2.99. The van der Waals surface area contributed by atoms with Crippen molar-refractivity contribution in [1.29, 1.82) is 0 Å². The van der Waals surface area contributed by atoms with Crippen molar-refractivity contribution >= 4 is 22.4 Å². The van der Waals surface area contributed by atoms with Crippen LogP contribution in [0.4, 0.5) is 0 Å². The number of thiazole rings is 1. The van der Waals surface area contributed by atoms with Gasteiger partial charge in [0.2, 0.25) is 4.96 Å². The maximum absolute atomic E-state index is 12.5. The van der Waals surface area contributed by atoms with Crippen molar-refractivity contribution < 1.29 is 4.74 Å². The lowest BCUT2D eigenvalue weighted by Crippen LogP contribution is -2.23. The number of hydrogen-bond donors (Lipinski definition) is 0. The Bertz CT molecular complexity index is 1100. The molecule has 4 aromatic rings. The van der Waals surface area contributed by atoms with Crippen LogP contribution in [0.1, 0.15) is 5.56 Å². The van der Waals surface area contributed by atoms with Crippen LogP contribution in [0.5, 0.6) is 5.75 Å². The molecule has 0 saturated heterocycles. The summed E-state index contributed by atoms with van der Waals surface area (Å²) < 4.78 is 7.13. The first-order chi connectivity index (χ1) is 11.7. The average Bonchev–Trinajstić information content (AvgIpc) is 3.16. The highest BCUT2D eigenvalue weighted by molar-refractivity contribution is 7.15. The van der Waals surface area contributed by atoms with Crippen molar-refractivity contribution in [2.45, 2.75) is 0 Å². The van der Waals surface area contributed by atoms with E-state index < -0.39 is 0 Å². The molecule has 6 heteroatoms. The lowest BCUT2D eigenvalue weighted by molar-refractivity contribution is 0.415. The molecule has 2 aromatic heterocycles. The molecule has 0 saturated carbocycles. The summed E-state index contributed by atoms with van der Waals surface area (Å²) in [5.74, 6) is 1.30. The van der Waals surface area contributed by atoms with Crippen LogP contribution < -0.4 is 14.8 Å². The maximum atomic E-state index is 12.5. The number of nitrogens with zero attached hydrogens (tertiary/aromatic N) is 3. The number of methoxy groups -OCH3 is 1. The van der Waals surface area contributed by atoms with Gasteiger partial charge in [0, 0.05) is 5.56 Å². The van der Waals surface area contributed by atoms with Crippen LogP contribution in [0.25, 0.3) is 22.4 Å². The number of fused-ring (bicyclic) bond motifs is 1. The molecule has 0 aliphatic rings. The normalized spacial score (nSPS) is 12.0. The summed E-state index contributed by atoms with van der Waals surface area (Å²) in [6.07, 6.45) is 1.86. The summed E-state index contributed by atoms with van der Waals surface area (Å²) in [4.78, 5) is 17.6. The van der Waals surface area contributed by atoms with E-state index in [0.717, 1.165) is 16.9 Å². The lowest BCUT2D eigenvalue weighted by Gasteiger charge is -1.99. The Morgan fingerprint density at radius 2 is 1.83 bits per heavy atom. The van der Waals surface area contributed by atoms with Gasteiger partial charge in [0.1, 0.15) is 5.75 Å². The molecule has 0 fully saturated rings. The van der Waals surface area contributed by atoms with Crippen LogP contribution in [-0.2, 0) is 0 Å². The Kier molecular flexibility index (Phi) is 3.59. The Balaban J connectivity index is 1.78. The van der Waals surface area contributed by atoms with Crippen LogP contribution in [0.2, 0.25) is 0 Å². The molecule has 0 unspecified atom stereocenters. The summed E-state index contributed by atoms with van der Waals surface area (Å²) in [5, 5.41) is 4.34. The van der Waals surface area contributed by atoms with E-state index in [9.17, 15) is 4.79 Å². The quantitative estimate of drug-likeness (QED) is 0.577. The fourth-order valence-corrected chi connectivity index (χ4v) is 3.30. The number of rotatable bonds is 3. The smallest absolute Gasteiger partial charge is 0.291 e. The molecule has 0 aliphatic carbocycles. The van der Waals surface area contributed by atoms with Crippen molar-refractivity contribution in [2.75, 3.05) is 7.11 Å². The van der Waals surface area contributed by atoms with Gasteiger partial charge in [-0.15, -0.1) is 5.10 Å². The number of ether oxygens (including phenoxy) is 1. The van der Waals surface area contributed by atoms with Gasteiger partial charge >= 0.3 is 0 Å². The summed E-state index contributed by atoms with van der Waals surface area (Å²) in [7, 11) is 1.62. The third kappa shape index (κ3) is 2.57. The molecule has 0 aliphatic heterocycles. The standard InChI is InChI=1S/C18H13N3O2S/c1-23-14-9-7-13(8-10-14)16-19-18-21(20-16)17(22)15(24-18)11-12-5-3-2-4-6-12/h2-11H,1H3/b15-11-. The summed E-state index contributed by atoms with van der Waals surface area (Å²) in [6.45, 7) is 0. The molecule has 24 heavy (non-hydrogen) atoms. The number of hydrogen-bond acceptors (Lipinski definition) is 5. The average molecular weight is 335 g/mol. The van der Waals surface area contributed by atoms with Crippen molar-refractivity contribution in [3.05, 3.63) is 75.0 Å². The molecule has 0 bridgehead atoms. The third-order valence-corrected chi connectivity index (χ3v) is 4.59. The molecule has 0 radical (unpaired) electrons. The van der Waals surface area contributed by atoms with E-state index in [1.54, 1.807) is 7.11 Å². The van der Waals surface area contributed by atoms with Crippen molar-refractivity contribution in [1.82, 2.24) is 14.6 Å². The van der Waals surface area contributed by atoms with Crippen LogP contribution in [0.15, 0.2) is 59.4 Å². The number of benzene rings is 2. The topological polar surface area (TPSA) is 56.5 Å². The van der Waals surface area contributed by atoms with E-state index in [0.29, 0.717) is 15.3 Å². The second-order valence-electron chi connectivity index (χ2n) is 5.18. The Morgan fingerprint density at radius 1 is 1.08 bits per heavy atom. The molecule has 4 rings (SSSR count). The highest BCUT2D eigenvalue weighted by Gasteiger charge is 2.11. The fourth-order valence-electron chi connectivity index (χ4n) is 2.40. The first-order valence-corrected chi connectivity index (χ1v) is 8.17. The third-order valence-electron chi connectivity index (χ3n) is 3.63. The molecule has 0 spiro atoms. The molecule has 0 amide bonds. The Morgan fingerprint density at radius 3 is 2.50 bits per heavy atom. The predicted octanol–water partition coefficient (Wildman–Crippen LogP) is 2.37. The molecule has 0 N–H and O–H groups in total. The molecule has 5 nitrogen and oxygen atoms in total. The zero-order valence-corrected chi connectivity index (χ0v) is 13.7. The van der Waals surface area contributed by atoms with Crippen LogP contribution >= 0.6 is 11.3 Å². The van der Waals surface area contributed by atoms with Crippen molar-refractivity contribution in [3.63, 3.8) is 0 Å². The van der Waals surface area contributed by atoms with Crippen molar-refractivity contribution in [2.24, 2.45) is 0 Å². The van der Waals surface area contributed by atoms with Crippen LogP contribution in [0.3, 0.4) is 0 Å². The molecule has 2 aromatic carbocycles. The highest BCUT2D eigenvalue weighted by atomic mass is 32.1. The number of aromatic nitrogens is 3. The van der Waals surface area contributed by atoms with Gasteiger partial charge in [0.25, 0.3) is 5.56 Å². The van der Waals surface area contributed by atoms with Gasteiger partial charge in [-0.2, -0.15) is 9.50 Å². The van der Waals surface area contributed by atoms with E-state index in [4.69, 9.17) is 4.74 Å². The molecular formula is C18H13N3O2S. The van der Waals surface area contributed by atoms with Gasteiger partial charge in [-0.3, -0.25) is 4.79 Å². The van der Waals surface area contributed by atoms with E-state index in [-0.39, 0.29) is 5.56 Å². The zero-order chi connectivity index (χ0) is 16.5. The molecule has 0 atom stereocenters. The second kappa shape index (κ2) is 5.90. The summed E-state index contributed by atoms with van der Waals surface area (Å²) in [5.41, 5.74) is 1.68. The summed E-state index contributed by atoms with van der Waals surface area (Å²) >= 11 is 1.34. The maximum Gasteiger partial charge on any atom is 0.291 e. The minimum atomic E-state index is -0.147. The minimum Gasteiger partial charge on any atom is -0.497 e. The SMILES string of the molecule is COc1ccc(-c2nc3s/c(=C\c4ccccc4)c(=O)n3n2)cc1. The minimum absolute atomic E-state index is 0.147. The second-order valence-corrected chi connectivity index (χ2v) is 6.19. The monoisotopic (exact) mass is 335 g/mol. The molecule has 2 heterocycles. The van der Waals surface area contributed by atoms with E-state index in [1.807, 2.05) is 60.7 Å². The van der Waals surface area contributed by atoms with Gasteiger partial charge in [-0.25, -0.2) is 0 Å². The van der Waals surface area contributed by atoms with Crippen LogP contribution in [-0.4, -0.2) is 21.7 Å². The zero-order valence-electron chi connectivity index (χ0n) is 12.8. The largest absolute Gasteiger partial charge is 0.497 e. The van der Waals surface area contributed by atoms with Gasteiger partial charge < -0.3 is 4.74 Å². The lowest BCUT2D eigenvalue weighted by atomic mass is 10.2. The highest BCUT2D eigenvalue weighted by Crippen LogP contribution is 2.20. The predicted molar refractivity (Wildman–Crippen MR) is 94.3 cm³/mol. The molecule has 118 valence electrons. The summed E-state index contributed by atoms with van der Waals surface area (Å²) in [6, 6.07) is 17.2. The first kappa shape index (κ1) is 14.6. The van der Waals surface area contributed by atoms with Gasteiger partial charge in [-0.05, 0) is 35.9 Å². The fraction of sp³-hybridized carbons (Fsp3) is 0.0556. The van der Waals surface area contributed by atoms with Crippen molar-refractivity contribution in [3.8, 4) is 17.1 Å². The van der Waals surface area contributed by atoms with Gasteiger partial charge in [-0.1, -0.05) is 41.7 Å². The van der Waals surface area contributed by atoms with Crippen LogP contribution in [0, 0.1) is 0 Å².